The van der Waals surface area contributed by atoms with Gasteiger partial charge in [0, 0.05) is 17.2 Å². The fourth-order valence-corrected chi connectivity index (χ4v) is 4.02. The van der Waals surface area contributed by atoms with Crippen molar-refractivity contribution in [2.75, 3.05) is 6.54 Å². The van der Waals surface area contributed by atoms with E-state index in [1.165, 1.54) is 12.8 Å². The summed E-state index contributed by atoms with van der Waals surface area (Å²) in [5, 5.41) is 7.73. The largest absolute Gasteiger partial charge is 0.366 e. The number of nitrogens with one attached hydrogen (secondary N) is 1. The highest BCUT2D eigenvalue weighted by atomic mass is 16.5. The Bertz CT molecular complexity index is 742. The van der Waals surface area contributed by atoms with Gasteiger partial charge in [-0.1, -0.05) is 30.1 Å². The van der Waals surface area contributed by atoms with Gasteiger partial charge in [-0.05, 0) is 37.9 Å². The molecule has 0 bridgehead atoms. The highest BCUT2D eigenvalue weighted by molar-refractivity contribution is 5.93. The van der Waals surface area contributed by atoms with Crippen LogP contribution >= 0.6 is 0 Å². The highest BCUT2D eigenvalue weighted by Crippen LogP contribution is 2.44. The molecule has 0 spiro atoms. The van der Waals surface area contributed by atoms with Gasteiger partial charge in [0.05, 0.1) is 5.41 Å². The van der Waals surface area contributed by atoms with Crippen molar-refractivity contribution in [1.29, 1.82) is 0 Å². The number of fused-ring (bicyclic) bond motifs is 1. The molecule has 1 aliphatic carbocycles. The first-order valence-electron chi connectivity index (χ1n) is 8.17. The summed E-state index contributed by atoms with van der Waals surface area (Å²) in [7, 11) is 0. The van der Waals surface area contributed by atoms with Crippen LogP contribution in [0, 0.1) is 0 Å². The number of amides is 1. The quantitative estimate of drug-likeness (QED) is 0.904. The number of carbonyl (C=O) groups is 1. The lowest BCUT2D eigenvalue weighted by atomic mass is 9.70. The fourth-order valence-electron chi connectivity index (χ4n) is 4.02. The van der Waals surface area contributed by atoms with Gasteiger partial charge in [-0.25, -0.2) is 0 Å². The molecule has 0 unspecified atom stereocenters. The summed E-state index contributed by atoms with van der Waals surface area (Å²) in [5.74, 6) is 0.793. The van der Waals surface area contributed by atoms with Crippen molar-refractivity contribution < 1.29 is 9.32 Å². The third-order valence-corrected chi connectivity index (χ3v) is 5.25. The van der Waals surface area contributed by atoms with E-state index in [9.17, 15) is 4.79 Å². The molecule has 2 aliphatic rings. The molecule has 120 valence electrons. The second kappa shape index (κ2) is 5.45. The van der Waals surface area contributed by atoms with Crippen LogP contribution in [0.1, 0.15) is 48.4 Å². The number of nitrogens with two attached hydrogens (primary N) is 1. The van der Waals surface area contributed by atoms with Crippen molar-refractivity contribution in [2.24, 2.45) is 5.73 Å². The van der Waals surface area contributed by atoms with Gasteiger partial charge < -0.3 is 15.6 Å². The van der Waals surface area contributed by atoms with Crippen LogP contribution in [0.2, 0.25) is 0 Å². The van der Waals surface area contributed by atoms with E-state index in [0.717, 1.165) is 37.3 Å². The molecule has 1 amide bonds. The summed E-state index contributed by atoms with van der Waals surface area (Å²) in [5.41, 5.74) is 6.52. The van der Waals surface area contributed by atoms with Gasteiger partial charge in [0.1, 0.15) is 0 Å². The second-order valence-corrected chi connectivity index (χ2v) is 6.53. The number of primary amides is 1. The zero-order chi connectivity index (χ0) is 15.9. The summed E-state index contributed by atoms with van der Waals surface area (Å²) in [4.78, 5) is 16.0. The maximum atomic E-state index is 11.3. The van der Waals surface area contributed by atoms with Gasteiger partial charge >= 0.3 is 0 Å². The van der Waals surface area contributed by atoms with Gasteiger partial charge in [0.2, 0.25) is 17.6 Å². The summed E-state index contributed by atoms with van der Waals surface area (Å²) < 4.78 is 5.65. The Morgan fingerprint density at radius 3 is 3.13 bits per heavy atom. The number of hydrogen-bond donors (Lipinski definition) is 2. The molecule has 1 aromatic carbocycles. The Morgan fingerprint density at radius 2 is 2.26 bits per heavy atom. The topological polar surface area (TPSA) is 94.0 Å². The molecular weight excluding hydrogens is 292 g/mol. The maximum absolute atomic E-state index is 11.3. The molecule has 3 N–H and O–H groups in total. The molecule has 6 nitrogen and oxygen atoms in total. The first-order chi connectivity index (χ1) is 11.2. The van der Waals surface area contributed by atoms with E-state index < -0.39 is 5.91 Å². The van der Waals surface area contributed by atoms with Crippen molar-refractivity contribution in [2.45, 2.75) is 43.6 Å². The van der Waals surface area contributed by atoms with Gasteiger partial charge in [-0.15, -0.1) is 0 Å². The fraction of sp³-hybridized carbons (Fsp3) is 0.471. The van der Waals surface area contributed by atoms with Gasteiger partial charge in [0.25, 0.3) is 0 Å². The van der Waals surface area contributed by atoms with E-state index in [4.69, 9.17) is 10.3 Å². The summed E-state index contributed by atoms with van der Waals surface area (Å²) in [6, 6.07) is 7.47. The Morgan fingerprint density at radius 1 is 1.35 bits per heavy atom. The Hall–Kier alpha value is -2.21. The summed E-state index contributed by atoms with van der Waals surface area (Å²) in [6.07, 6.45) is 5.75. The first-order valence-corrected chi connectivity index (χ1v) is 8.17. The Kier molecular flexibility index (Phi) is 3.41. The van der Waals surface area contributed by atoms with Crippen LogP contribution in [0.15, 0.2) is 28.8 Å². The van der Waals surface area contributed by atoms with E-state index in [0.29, 0.717) is 17.4 Å². The molecule has 6 heteroatoms. The molecule has 1 saturated heterocycles. The molecular formula is C17H20N4O2. The lowest BCUT2D eigenvalue weighted by Gasteiger charge is -2.35. The molecule has 2 heterocycles. The van der Waals surface area contributed by atoms with Crippen molar-refractivity contribution in [3.8, 4) is 11.4 Å². The van der Waals surface area contributed by atoms with Gasteiger partial charge in [-0.3, -0.25) is 4.79 Å². The minimum absolute atomic E-state index is 0.0230. The SMILES string of the molecule is NC(=O)c1cccc(-c2noc([C@@]34CCCC[C@@H]3NCC4)n2)c1. The summed E-state index contributed by atoms with van der Waals surface area (Å²) in [6.45, 7) is 1.000. The van der Waals surface area contributed by atoms with Crippen LogP contribution in [-0.4, -0.2) is 28.6 Å². The van der Waals surface area contributed by atoms with E-state index in [1.54, 1.807) is 18.2 Å². The van der Waals surface area contributed by atoms with Crippen LogP contribution < -0.4 is 11.1 Å². The summed E-state index contributed by atoms with van der Waals surface area (Å²) >= 11 is 0. The van der Waals surface area contributed by atoms with Crippen LogP contribution in [0.4, 0.5) is 0 Å². The number of nitrogens with zero attached hydrogens (tertiary/aromatic N) is 2. The molecule has 23 heavy (non-hydrogen) atoms. The van der Waals surface area contributed by atoms with Crippen LogP contribution in [0.25, 0.3) is 11.4 Å². The molecule has 2 aromatic rings. The average Bonchev–Trinajstić information content (AvgIpc) is 3.22. The van der Waals surface area contributed by atoms with Crippen molar-refractivity contribution in [1.82, 2.24) is 15.5 Å². The number of aromatic nitrogens is 2. The van der Waals surface area contributed by atoms with Crippen LogP contribution in [0.5, 0.6) is 0 Å². The predicted octanol–water partition coefficient (Wildman–Crippen LogP) is 2.01. The zero-order valence-electron chi connectivity index (χ0n) is 12.9. The molecule has 2 fully saturated rings. The van der Waals surface area contributed by atoms with Gasteiger partial charge in [0.15, 0.2) is 0 Å². The normalized spacial score (nSPS) is 26.9. The van der Waals surface area contributed by atoms with Crippen molar-refractivity contribution >= 4 is 5.91 Å². The van der Waals surface area contributed by atoms with Crippen molar-refractivity contribution in [3.63, 3.8) is 0 Å². The van der Waals surface area contributed by atoms with Gasteiger partial charge in [-0.2, -0.15) is 4.98 Å². The monoisotopic (exact) mass is 312 g/mol. The van der Waals surface area contributed by atoms with Crippen LogP contribution in [-0.2, 0) is 5.41 Å². The number of hydrogen-bond acceptors (Lipinski definition) is 5. The van der Waals surface area contributed by atoms with E-state index in [1.807, 2.05) is 6.07 Å². The molecule has 2 atom stereocenters. The third-order valence-electron chi connectivity index (χ3n) is 5.25. The first kappa shape index (κ1) is 14.4. The lowest BCUT2D eigenvalue weighted by molar-refractivity contribution is 0.100. The van der Waals surface area contributed by atoms with Crippen molar-refractivity contribution in [3.05, 3.63) is 35.7 Å². The van der Waals surface area contributed by atoms with Crippen LogP contribution in [0.3, 0.4) is 0 Å². The highest BCUT2D eigenvalue weighted by Gasteiger charge is 2.49. The number of carbonyl (C=O) groups excluding carboxylic acids is 1. The standard InChI is InChI=1S/C17H20N4O2/c18-14(22)11-4-3-5-12(10-11)15-20-16(23-21-15)17-7-2-1-6-13(17)19-9-8-17/h3-5,10,13,19H,1-2,6-9H2,(H2,18,22)/t13-,17+/m0/s1. The third kappa shape index (κ3) is 2.34. The van der Waals surface area contributed by atoms with E-state index >= 15 is 0 Å². The Labute approximate surface area is 134 Å². The van der Waals surface area contributed by atoms with E-state index in [-0.39, 0.29) is 5.41 Å². The maximum Gasteiger partial charge on any atom is 0.248 e. The molecule has 1 aliphatic heterocycles. The lowest BCUT2D eigenvalue weighted by Crippen LogP contribution is -2.43. The second-order valence-electron chi connectivity index (χ2n) is 6.53. The zero-order valence-corrected chi connectivity index (χ0v) is 12.9. The molecule has 4 rings (SSSR count). The number of benzene rings is 1. The smallest absolute Gasteiger partial charge is 0.248 e. The molecule has 1 aromatic heterocycles. The minimum atomic E-state index is -0.457. The average molecular weight is 312 g/mol. The predicted molar refractivity (Wildman–Crippen MR) is 84.8 cm³/mol. The molecule has 1 saturated carbocycles. The molecule has 0 radical (unpaired) electrons. The minimum Gasteiger partial charge on any atom is -0.366 e. The Balaban J connectivity index is 1.69. The van der Waals surface area contributed by atoms with E-state index in [2.05, 4.69) is 15.5 Å². The number of rotatable bonds is 3.